The molecule has 1 heterocycles. The molecule has 0 saturated heterocycles. The minimum Gasteiger partial charge on any atom is -0.465 e. The van der Waals surface area contributed by atoms with Crippen LogP contribution in [0.1, 0.15) is 41.6 Å². The maximum absolute atomic E-state index is 12.1. The van der Waals surface area contributed by atoms with Gasteiger partial charge < -0.3 is 15.4 Å². The highest BCUT2D eigenvalue weighted by atomic mass is 32.2. The van der Waals surface area contributed by atoms with Gasteiger partial charge in [0.1, 0.15) is 0 Å². The lowest BCUT2D eigenvalue weighted by Gasteiger charge is -2.25. The topological polar surface area (TPSA) is 108 Å². The van der Waals surface area contributed by atoms with Crippen molar-refractivity contribution < 1.29 is 19.1 Å². The van der Waals surface area contributed by atoms with Gasteiger partial charge in [-0.1, -0.05) is 30.8 Å². The van der Waals surface area contributed by atoms with E-state index in [-0.39, 0.29) is 24.0 Å². The van der Waals surface area contributed by atoms with Gasteiger partial charge in [-0.05, 0) is 24.1 Å². The summed E-state index contributed by atoms with van der Waals surface area (Å²) < 4.78 is 4.67. The molecule has 142 valence electrons. The molecule has 2 rings (SSSR count). The molecule has 27 heavy (non-hydrogen) atoms. The van der Waals surface area contributed by atoms with Crippen molar-refractivity contribution >= 4 is 29.5 Å². The number of hydrogen-bond acceptors (Lipinski definition) is 6. The molecular formula is C19H21N3O4S. The van der Waals surface area contributed by atoms with E-state index in [1.165, 1.54) is 7.11 Å². The van der Waals surface area contributed by atoms with Crippen LogP contribution < -0.4 is 10.6 Å². The number of ether oxygens (including phenoxy) is 1. The van der Waals surface area contributed by atoms with Crippen LogP contribution in [0.2, 0.25) is 0 Å². The molecule has 2 amide bonds. The lowest BCUT2D eigenvalue weighted by atomic mass is 9.87. The molecule has 8 heteroatoms. The second kappa shape index (κ2) is 9.78. The van der Waals surface area contributed by atoms with Crippen LogP contribution in [0.5, 0.6) is 0 Å². The normalized spacial score (nSPS) is 16.3. The minimum atomic E-state index is -0.451. The lowest BCUT2D eigenvalue weighted by molar-refractivity contribution is -0.121. The van der Waals surface area contributed by atoms with Gasteiger partial charge in [-0.25, -0.2) is 4.79 Å². The highest BCUT2D eigenvalue weighted by Gasteiger charge is 2.30. The molecule has 0 fully saturated rings. The van der Waals surface area contributed by atoms with Gasteiger partial charge in [-0.2, -0.15) is 5.26 Å². The summed E-state index contributed by atoms with van der Waals surface area (Å²) in [5.74, 6) is -1.11. The van der Waals surface area contributed by atoms with Crippen LogP contribution in [-0.4, -0.2) is 37.2 Å². The first-order valence-corrected chi connectivity index (χ1v) is 9.50. The number of carbonyl (C=O) groups is 3. The van der Waals surface area contributed by atoms with E-state index in [1.807, 2.05) is 6.92 Å². The lowest BCUT2D eigenvalue weighted by Crippen LogP contribution is -2.32. The Kier molecular flexibility index (Phi) is 7.44. The predicted molar refractivity (Wildman–Crippen MR) is 102 cm³/mol. The first-order chi connectivity index (χ1) is 13.0. The fraction of sp³-hybridized carbons (Fsp3) is 0.368. The number of thioether (sulfide) groups is 1. The number of rotatable bonds is 7. The van der Waals surface area contributed by atoms with Gasteiger partial charge in [0.05, 0.1) is 35.1 Å². The van der Waals surface area contributed by atoms with Gasteiger partial charge >= 0.3 is 5.97 Å². The molecule has 0 radical (unpaired) electrons. The first-order valence-electron chi connectivity index (χ1n) is 8.52. The van der Waals surface area contributed by atoms with Crippen molar-refractivity contribution in [1.29, 1.82) is 5.26 Å². The standard InChI is InChI=1S/C19H21N3O4S/c1-3-8-21-17(24)11-27-18-15(10-20)14(9-16(23)22-18)12-4-6-13(7-5-12)19(25)26-2/h4-7,14H,3,8-9,11H2,1-2H3,(H,21,24)(H,22,23)/t14-/m1/s1. The van der Waals surface area contributed by atoms with Crippen LogP contribution in [0, 0.1) is 11.3 Å². The number of carbonyl (C=O) groups excluding carboxylic acids is 3. The van der Waals surface area contributed by atoms with Crippen LogP contribution >= 0.6 is 11.8 Å². The third kappa shape index (κ3) is 5.34. The minimum absolute atomic E-state index is 0.120. The van der Waals surface area contributed by atoms with Crippen molar-refractivity contribution in [1.82, 2.24) is 10.6 Å². The van der Waals surface area contributed by atoms with Gasteiger partial charge in [0.15, 0.2) is 0 Å². The number of benzene rings is 1. The first kappa shape index (κ1) is 20.5. The second-order valence-corrected chi connectivity index (χ2v) is 6.90. The number of allylic oxidation sites excluding steroid dienone is 1. The summed E-state index contributed by atoms with van der Waals surface area (Å²) in [5, 5.41) is 15.5. The Hall–Kier alpha value is -2.79. The maximum Gasteiger partial charge on any atom is 0.337 e. The maximum atomic E-state index is 12.1. The summed E-state index contributed by atoms with van der Waals surface area (Å²) in [7, 11) is 1.30. The van der Waals surface area contributed by atoms with Crippen LogP contribution in [0.4, 0.5) is 0 Å². The number of hydrogen-bond donors (Lipinski definition) is 2. The average molecular weight is 387 g/mol. The largest absolute Gasteiger partial charge is 0.465 e. The zero-order chi connectivity index (χ0) is 19.8. The van der Waals surface area contributed by atoms with Crippen LogP contribution in [0.25, 0.3) is 0 Å². The number of nitriles is 1. The smallest absolute Gasteiger partial charge is 0.337 e. The fourth-order valence-corrected chi connectivity index (χ4v) is 3.55. The molecule has 1 aliphatic rings. The van der Waals surface area contributed by atoms with Crippen molar-refractivity contribution in [3.8, 4) is 6.07 Å². The fourth-order valence-electron chi connectivity index (χ4n) is 2.64. The van der Waals surface area contributed by atoms with Crippen molar-refractivity contribution in [2.45, 2.75) is 25.7 Å². The van der Waals surface area contributed by atoms with E-state index >= 15 is 0 Å². The van der Waals surface area contributed by atoms with E-state index in [4.69, 9.17) is 0 Å². The quantitative estimate of drug-likeness (QED) is 0.694. The molecule has 7 nitrogen and oxygen atoms in total. The van der Waals surface area contributed by atoms with E-state index in [1.54, 1.807) is 24.3 Å². The molecule has 1 aliphatic heterocycles. The van der Waals surface area contributed by atoms with Crippen molar-refractivity contribution in [3.05, 3.63) is 46.0 Å². The number of nitrogens with one attached hydrogen (secondary N) is 2. The third-order valence-electron chi connectivity index (χ3n) is 4.01. The van der Waals surface area contributed by atoms with E-state index in [0.717, 1.165) is 23.7 Å². The molecule has 0 unspecified atom stereocenters. The molecule has 1 atom stereocenters. The van der Waals surface area contributed by atoms with Gasteiger partial charge in [0.2, 0.25) is 11.8 Å². The summed E-state index contributed by atoms with van der Waals surface area (Å²) in [5.41, 5.74) is 1.56. The van der Waals surface area contributed by atoms with Gasteiger partial charge in [0.25, 0.3) is 0 Å². The molecular weight excluding hydrogens is 366 g/mol. The van der Waals surface area contributed by atoms with Crippen LogP contribution in [0.3, 0.4) is 0 Å². The number of nitrogens with zero attached hydrogens (tertiary/aromatic N) is 1. The van der Waals surface area contributed by atoms with E-state index < -0.39 is 11.9 Å². The Bertz CT molecular complexity index is 796. The highest BCUT2D eigenvalue weighted by molar-refractivity contribution is 8.03. The van der Waals surface area contributed by atoms with Crippen molar-refractivity contribution in [2.75, 3.05) is 19.4 Å². The summed E-state index contributed by atoms with van der Waals surface area (Å²) in [6, 6.07) is 8.79. The zero-order valence-electron chi connectivity index (χ0n) is 15.2. The van der Waals surface area contributed by atoms with Crippen molar-refractivity contribution in [3.63, 3.8) is 0 Å². The second-order valence-electron chi connectivity index (χ2n) is 5.91. The molecule has 2 N–H and O–H groups in total. The summed E-state index contributed by atoms with van der Waals surface area (Å²) in [4.78, 5) is 35.5. The number of methoxy groups -OCH3 is 1. The van der Waals surface area contributed by atoms with E-state index in [0.29, 0.717) is 22.7 Å². The molecule has 0 aliphatic carbocycles. The molecule has 1 aromatic carbocycles. The Morgan fingerprint density at radius 3 is 2.67 bits per heavy atom. The van der Waals surface area contributed by atoms with Gasteiger partial charge in [-0.15, -0.1) is 0 Å². The Labute approximate surface area is 162 Å². The predicted octanol–water partition coefficient (Wildman–Crippen LogP) is 2.07. The summed E-state index contributed by atoms with van der Waals surface area (Å²) >= 11 is 1.14. The van der Waals surface area contributed by atoms with E-state index in [9.17, 15) is 19.6 Å². The summed E-state index contributed by atoms with van der Waals surface area (Å²) in [6.07, 6.45) is 0.968. The molecule has 0 bridgehead atoms. The average Bonchev–Trinajstić information content (AvgIpc) is 2.69. The SMILES string of the molecule is CCCNC(=O)CSC1=C(C#N)[C@@H](c2ccc(C(=O)OC)cc2)CC(=O)N1. The van der Waals surface area contributed by atoms with Crippen molar-refractivity contribution in [2.24, 2.45) is 0 Å². The van der Waals surface area contributed by atoms with Crippen LogP contribution in [-0.2, 0) is 14.3 Å². The zero-order valence-corrected chi connectivity index (χ0v) is 16.0. The number of amides is 2. The Balaban J connectivity index is 2.22. The molecule has 0 saturated carbocycles. The van der Waals surface area contributed by atoms with E-state index in [2.05, 4.69) is 21.4 Å². The van der Waals surface area contributed by atoms with Gasteiger partial charge in [0, 0.05) is 18.9 Å². The van der Waals surface area contributed by atoms with Crippen LogP contribution in [0.15, 0.2) is 34.9 Å². The van der Waals surface area contributed by atoms with Gasteiger partial charge in [-0.3, -0.25) is 9.59 Å². The third-order valence-corrected chi connectivity index (χ3v) is 5.03. The monoisotopic (exact) mass is 387 g/mol. The Morgan fingerprint density at radius 2 is 2.07 bits per heavy atom. The highest BCUT2D eigenvalue weighted by Crippen LogP contribution is 2.35. The molecule has 0 spiro atoms. The number of esters is 1. The Morgan fingerprint density at radius 1 is 1.37 bits per heavy atom. The molecule has 1 aromatic rings. The summed E-state index contributed by atoms with van der Waals surface area (Å²) in [6.45, 7) is 2.55. The molecule has 0 aromatic heterocycles.